The van der Waals surface area contributed by atoms with Gasteiger partial charge in [0.1, 0.15) is 5.76 Å². The van der Waals surface area contributed by atoms with Crippen LogP contribution in [0.15, 0.2) is 40.8 Å². The van der Waals surface area contributed by atoms with Crippen molar-refractivity contribution in [1.82, 2.24) is 10.6 Å². The summed E-state index contributed by atoms with van der Waals surface area (Å²) in [7, 11) is 0. The van der Waals surface area contributed by atoms with Crippen molar-refractivity contribution in [3.8, 4) is 11.3 Å². The first-order chi connectivity index (χ1) is 13.2. The normalized spacial score (nSPS) is 13.7. The SMILES string of the molecule is O=C(COC(=O)c1ccc(-c2cccc(C(F)(F)F)c2)o1)NC(=O)NC1CC1. The van der Waals surface area contributed by atoms with Gasteiger partial charge in [0.25, 0.3) is 5.91 Å². The molecule has 0 atom stereocenters. The first kappa shape index (κ1) is 19.5. The van der Waals surface area contributed by atoms with Crippen LogP contribution in [0.5, 0.6) is 0 Å². The maximum Gasteiger partial charge on any atom is 0.416 e. The monoisotopic (exact) mass is 396 g/mol. The van der Waals surface area contributed by atoms with E-state index >= 15 is 0 Å². The molecule has 1 fully saturated rings. The third-order valence-electron chi connectivity index (χ3n) is 3.78. The van der Waals surface area contributed by atoms with Crippen LogP contribution in [0, 0.1) is 0 Å². The number of esters is 1. The lowest BCUT2D eigenvalue weighted by atomic mass is 10.1. The summed E-state index contributed by atoms with van der Waals surface area (Å²) in [5.41, 5.74) is -0.727. The van der Waals surface area contributed by atoms with Crippen LogP contribution in [-0.4, -0.2) is 30.6 Å². The standard InChI is InChI=1S/C18H15F3N2O5/c19-18(20,21)11-3-1-2-10(8-11)13-6-7-14(28-13)16(25)27-9-15(24)23-17(26)22-12-4-5-12/h1-3,6-8,12H,4-5,9H2,(H2,22,23,24,26). The van der Waals surface area contributed by atoms with Crippen LogP contribution in [0.3, 0.4) is 0 Å². The number of hydrogen-bond acceptors (Lipinski definition) is 5. The van der Waals surface area contributed by atoms with Crippen molar-refractivity contribution < 1.29 is 36.7 Å². The molecule has 0 spiro atoms. The number of imide groups is 1. The van der Waals surface area contributed by atoms with Crippen LogP contribution in [-0.2, 0) is 15.7 Å². The summed E-state index contributed by atoms with van der Waals surface area (Å²) in [5, 5.41) is 4.54. The van der Waals surface area contributed by atoms with Gasteiger partial charge in [0, 0.05) is 11.6 Å². The van der Waals surface area contributed by atoms with Crippen LogP contribution < -0.4 is 10.6 Å². The second kappa shape index (κ2) is 7.75. The number of halogens is 3. The molecule has 1 aromatic heterocycles. The molecule has 1 aliphatic rings. The molecule has 0 aliphatic heterocycles. The van der Waals surface area contributed by atoms with E-state index < -0.39 is 36.3 Å². The molecule has 0 radical (unpaired) electrons. The number of rotatable bonds is 5. The lowest BCUT2D eigenvalue weighted by Crippen LogP contribution is -2.42. The van der Waals surface area contributed by atoms with E-state index in [-0.39, 0.29) is 23.1 Å². The number of carbonyl (C=O) groups is 3. The third-order valence-corrected chi connectivity index (χ3v) is 3.78. The Morgan fingerprint density at radius 1 is 1.14 bits per heavy atom. The molecule has 148 valence electrons. The number of carbonyl (C=O) groups excluding carboxylic acids is 3. The van der Waals surface area contributed by atoms with Gasteiger partial charge in [0.15, 0.2) is 6.61 Å². The van der Waals surface area contributed by atoms with Crippen molar-refractivity contribution in [3.63, 3.8) is 0 Å². The van der Waals surface area contributed by atoms with E-state index in [1.807, 2.05) is 5.32 Å². The summed E-state index contributed by atoms with van der Waals surface area (Å²) in [6, 6.07) is 6.34. The highest BCUT2D eigenvalue weighted by Crippen LogP contribution is 2.32. The molecule has 0 saturated heterocycles. The second-order valence-electron chi connectivity index (χ2n) is 6.11. The van der Waals surface area contributed by atoms with Gasteiger partial charge in [0.05, 0.1) is 5.56 Å². The third kappa shape index (κ3) is 5.12. The minimum absolute atomic E-state index is 0.0336. The number of hydrogen-bond donors (Lipinski definition) is 2. The fourth-order valence-electron chi connectivity index (χ4n) is 2.27. The van der Waals surface area contributed by atoms with Crippen molar-refractivity contribution in [3.05, 3.63) is 47.7 Å². The number of nitrogens with one attached hydrogen (secondary N) is 2. The van der Waals surface area contributed by atoms with Crippen molar-refractivity contribution in [2.75, 3.05) is 6.61 Å². The maximum atomic E-state index is 12.8. The summed E-state index contributed by atoms with van der Waals surface area (Å²) in [4.78, 5) is 34.9. The summed E-state index contributed by atoms with van der Waals surface area (Å²) in [6.07, 6.45) is -2.81. The molecule has 28 heavy (non-hydrogen) atoms. The van der Waals surface area contributed by atoms with Gasteiger partial charge in [-0.3, -0.25) is 10.1 Å². The zero-order valence-corrected chi connectivity index (χ0v) is 14.3. The van der Waals surface area contributed by atoms with Crippen molar-refractivity contribution >= 4 is 17.9 Å². The van der Waals surface area contributed by atoms with Crippen LogP contribution in [0.25, 0.3) is 11.3 Å². The van der Waals surface area contributed by atoms with E-state index in [2.05, 4.69) is 5.32 Å². The predicted molar refractivity (Wildman–Crippen MR) is 89.1 cm³/mol. The summed E-state index contributed by atoms with van der Waals surface area (Å²) < 4.78 is 48.3. The van der Waals surface area contributed by atoms with Crippen molar-refractivity contribution in [2.24, 2.45) is 0 Å². The van der Waals surface area contributed by atoms with Gasteiger partial charge >= 0.3 is 18.2 Å². The topological polar surface area (TPSA) is 97.6 Å². The van der Waals surface area contributed by atoms with Gasteiger partial charge in [-0.05, 0) is 37.1 Å². The molecule has 7 nitrogen and oxygen atoms in total. The molecule has 0 bridgehead atoms. The van der Waals surface area contributed by atoms with E-state index in [1.165, 1.54) is 24.3 Å². The maximum absolute atomic E-state index is 12.8. The van der Waals surface area contributed by atoms with Gasteiger partial charge in [0.2, 0.25) is 5.76 Å². The first-order valence-electron chi connectivity index (χ1n) is 8.27. The first-order valence-corrected chi connectivity index (χ1v) is 8.27. The number of alkyl halides is 3. The molecule has 2 N–H and O–H groups in total. The molecular formula is C18H15F3N2O5. The van der Waals surface area contributed by atoms with Gasteiger partial charge in [-0.15, -0.1) is 0 Å². The van der Waals surface area contributed by atoms with Crippen LogP contribution >= 0.6 is 0 Å². The smallest absolute Gasteiger partial charge is 0.416 e. The number of amides is 3. The van der Waals surface area contributed by atoms with E-state index in [1.54, 1.807) is 0 Å². The number of urea groups is 1. The highest BCUT2D eigenvalue weighted by molar-refractivity contribution is 5.96. The average Bonchev–Trinajstić information content (AvgIpc) is 3.30. The molecule has 0 unspecified atom stereocenters. The molecule has 1 aliphatic carbocycles. The van der Waals surface area contributed by atoms with Crippen LogP contribution in [0.1, 0.15) is 29.0 Å². The molecule has 3 rings (SSSR count). The quantitative estimate of drug-likeness (QED) is 0.757. The Kier molecular flexibility index (Phi) is 5.39. The lowest BCUT2D eigenvalue weighted by Gasteiger charge is -2.07. The van der Waals surface area contributed by atoms with Crippen molar-refractivity contribution in [2.45, 2.75) is 25.1 Å². The largest absolute Gasteiger partial charge is 0.450 e. The van der Waals surface area contributed by atoms with Crippen LogP contribution in [0.4, 0.5) is 18.0 Å². The zero-order valence-electron chi connectivity index (χ0n) is 14.3. The summed E-state index contributed by atoms with van der Waals surface area (Å²) >= 11 is 0. The Morgan fingerprint density at radius 2 is 1.89 bits per heavy atom. The second-order valence-corrected chi connectivity index (χ2v) is 6.11. The fraction of sp³-hybridized carbons (Fsp3) is 0.278. The number of benzene rings is 1. The Balaban J connectivity index is 1.56. The van der Waals surface area contributed by atoms with E-state index in [0.29, 0.717) is 0 Å². The molecular weight excluding hydrogens is 381 g/mol. The lowest BCUT2D eigenvalue weighted by molar-refractivity contribution is -0.137. The average molecular weight is 396 g/mol. The van der Waals surface area contributed by atoms with Gasteiger partial charge < -0.3 is 14.5 Å². The minimum Gasteiger partial charge on any atom is -0.450 e. The predicted octanol–water partition coefficient (Wildman–Crippen LogP) is 3.11. The van der Waals surface area contributed by atoms with E-state index in [0.717, 1.165) is 25.0 Å². The number of ether oxygens (including phenoxy) is 1. The highest BCUT2D eigenvalue weighted by Gasteiger charge is 2.30. The number of furan rings is 1. The molecule has 2 aromatic rings. The Labute approximate surface area is 156 Å². The van der Waals surface area contributed by atoms with Crippen molar-refractivity contribution in [1.29, 1.82) is 0 Å². The van der Waals surface area contributed by atoms with Gasteiger partial charge in [-0.25, -0.2) is 9.59 Å². The van der Waals surface area contributed by atoms with Gasteiger partial charge in [-0.2, -0.15) is 13.2 Å². The molecule has 1 saturated carbocycles. The molecule has 10 heteroatoms. The summed E-state index contributed by atoms with van der Waals surface area (Å²) in [6.45, 7) is -0.712. The minimum atomic E-state index is -4.51. The van der Waals surface area contributed by atoms with E-state index in [4.69, 9.17) is 9.15 Å². The molecule has 1 heterocycles. The Bertz CT molecular complexity index is 903. The molecule has 1 aromatic carbocycles. The van der Waals surface area contributed by atoms with Crippen LogP contribution in [0.2, 0.25) is 0 Å². The van der Waals surface area contributed by atoms with E-state index in [9.17, 15) is 27.6 Å². The Morgan fingerprint density at radius 3 is 2.57 bits per heavy atom. The Hall–Kier alpha value is -3.30. The highest BCUT2D eigenvalue weighted by atomic mass is 19.4. The fourth-order valence-corrected chi connectivity index (χ4v) is 2.27. The zero-order chi connectivity index (χ0) is 20.3. The van der Waals surface area contributed by atoms with Gasteiger partial charge in [-0.1, -0.05) is 12.1 Å². The summed E-state index contributed by atoms with van der Waals surface area (Å²) in [5.74, 6) is -2.07. The molecule has 3 amide bonds.